The van der Waals surface area contributed by atoms with Crippen LogP contribution in [0.3, 0.4) is 0 Å². The lowest BCUT2D eigenvalue weighted by molar-refractivity contribution is 0.0715. The first-order valence-corrected chi connectivity index (χ1v) is 8.94. The number of esters is 2. The minimum atomic E-state index is -0.557. The molecule has 0 fully saturated rings. The molecule has 3 aromatic rings. The van der Waals surface area contributed by atoms with E-state index in [2.05, 4.69) is 0 Å². The zero-order valence-corrected chi connectivity index (χ0v) is 16.7. The normalized spacial score (nSPS) is 10.1. The van der Waals surface area contributed by atoms with Crippen LogP contribution in [0.2, 0.25) is 0 Å². The van der Waals surface area contributed by atoms with Crippen LogP contribution in [0, 0.1) is 0 Å². The number of methoxy groups -OCH3 is 3. The molecule has 0 saturated heterocycles. The quantitative estimate of drug-likeness (QED) is 0.429. The Kier molecular flexibility index (Phi) is 6.54. The summed E-state index contributed by atoms with van der Waals surface area (Å²) in [5, 5.41) is 0. The van der Waals surface area contributed by atoms with Gasteiger partial charge in [-0.05, 0) is 60.7 Å². The van der Waals surface area contributed by atoms with Gasteiger partial charge in [-0.3, -0.25) is 0 Å². The maximum Gasteiger partial charge on any atom is 0.343 e. The lowest BCUT2D eigenvalue weighted by Crippen LogP contribution is -2.10. The number of hydrogen-bond acceptors (Lipinski definition) is 7. The van der Waals surface area contributed by atoms with Crippen molar-refractivity contribution in [1.29, 1.82) is 0 Å². The second-order valence-corrected chi connectivity index (χ2v) is 6.05. The third-order valence-corrected chi connectivity index (χ3v) is 4.20. The van der Waals surface area contributed by atoms with Crippen molar-refractivity contribution in [1.82, 2.24) is 0 Å². The smallest absolute Gasteiger partial charge is 0.343 e. The van der Waals surface area contributed by atoms with Crippen LogP contribution in [-0.2, 0) is 0 Å². The van der Waals surface area contributed by atoms with E-state index in [-0.39, 0.29) is 17.2 Å². The lowest BCUT2D eigenvalue weighted by atomic mass is 10.2. The Morgan fingerprint density at radius 1 is 0.533 bits per heavy atom. The van der Waals surface area contributed by atoms with Crippen molar-refractivity contribution >= 4 is 11.9 Å². The molecule has 3 rings (SSSR count). The van der Waals surface area contributed by atoms with Gasteiger partial charge in [0.05, 0.1) is 32.5 Å². The van der Waals surface area contributed by atoms with E-state index in [9.17, 15) is 9.59 Å². The molecule has 30 heavy (non-hydrogen) atoms. The third-order valence-electron chi connectivity index (χ3n) is 4.20. The maximum absolute atomic E-state index is 12.4. The van der Waals surface area contributed by atoms with Crippen LogP contribution in [0.25, 0.3) is 0 Å². The fourth-order valence-electron chi connectivity index (χ4n) is 2.57. The van der Waals surface area contributed by atoms with Gasteiger partial charge in [0.25, 0.3) is 0 Å². The molecule has 7 heteroatoms. The molecule has 3 aromatic carbocycles. The van der Waals surface area contributed by atoms with Crippen molar-refractivity contribution in [2.75, 3.05) is 21.3 Å². The Morgan fingerprint density at radius 2 is 1.00 bits per heavy atom. The summed E-state index contributed by atoms with van der Waals surface area (Å²) in [5.74, 6) is 0.862. The predicted octanol–water partition coefficient (Wildman–Crippen LogP) is 4.15. The Bertz CT molecular complexity index is 1020. The summed E-state index contributed by atoms with van der Waals surface area (Å²) in [6, 6.07) is 17.5. The fraction of sp³-hybridized carbons (Fsp3) is 0.130. The van der Waals surface area contributed by atoms with Crippen molar-refractivity contribution in [3.05, 3.63) is 77.9 Å². The first-order valence-electron chi connectivity index (χ1n) is 8.94. The average Bonchev–Trinajstić information content (AvgIpc) is 2.80. The number of hydrogen-bond donors (Lipinski definition) is 0. The third kappa shape index (κ3) is 4.88. The number of ether oxygens (including phenoxy) is 5. The van der Waals surface area contributed by atoms with Crippen molar-refractivity contribution in [2.45, 2.75) is 0 Å². The van der Waals surface area contributed by atoms with E-state index in [0.29, 0.717) is 22.6 Å². The first kappa shape index (κ1) is 20.7. The lowest BCUT2D eigenvalue weighted by Gasteiger charge is -2.11. The first-order chi connectivity index (χ1) is 14.5. The molecule has 0 amide bonds. The summed E-state index contributed by atoms with van der Waals surface area (Å²) in [5.41, 5.74) is 0.720. The zero-order valence-electron chi connectivity index (χ0n) is 16.7. The molecule has 0 bridgehead atoms. The molecule has 0 unspecified atom stereocenters. The summed E-state index contributed by atoms with van der Waals surface area (Å²) in [4.78, 5) is 24.7. The van der Waals surface area contributed by atoms with Crippen LogP contribution in [0.15, 0.2) is 66.7 Å². The maximum atomic E-state index is 12.4. The summed E-state index contributed by atoms with van der Waals surface area (Å²) in [6.45, 7) is 0. The van der Waals surface area contributed by atoms with Crippen LogP contribution in [-0.4, -0.2) is 33.3 Å². The van der Waals surface area contributed by atoms with Crippen LogP contribution >= 0.6 is 0 Å². The van der Waals surface area contributed by atoms with Crippen molar-refractivity contribution in [3.8, 4) is 28.7 Å². The Labute approximate surface area is 173 Å². The van der Waals surface area contributed by atoms with E-state index in [4.69, 9.17) is 23.7 Å². The van der Waals surface area contributed by atoms with Crippen molar-refractivity contribution < 1.29 is 33.3 Å². The van der Waals surface area contributed by atoms with E-state index < -0.39 is 11.9 Å². The Balaban J connectivity index is 1.71. The molecule has 0 spiro atoms. The van der Waals surface area contributed by atoms with Gasteiger partial charge in [-0.1, -0.05) is 0 Å². The molecule has 154 valence electrons. The number of rotatable bonds is 7. The molecular weight excluding hydrogens is 388 g/mol. The average molecular weight is 408 g/mol. The number of carbonyl (C=O) groups is 2. The topological polar surface area (TPSA) is 80.3 Å². The molecule has 0 aliphatic heterocycles. The van der Waals surface area contributed by atoms with E-state index in [1.54, 1.807) is 62.8 Å². The van der Waals surface area contributed by atoms with Crippen LogP contribution in [0.1, 0.15) is 20.7 Å². The van der Waals surface area contributed by atoms with Crippen molar-refractivity contribution in [3.63, 3.8) is 0 Å². The monoisotopic (exact) mass is 408 g/mol. The fourth-order valence-corrected chi connectivity index (χ4v) is 2.57. The summed E-state index contributed by atoms with van der Waals surface area (Å²) in [7, 11) is 4.51. The van der Waals surface area contributed by atoms with E-state index in [1.807, 2.05) is 0 Å². The van der Waals surface area contributed by atoms with Crippen LogP contribution in [0.5, 0.6) is 28.7 Å². The molecule has 0 N–H and O–H groups in total. The summed E-state index contributed by atoms with van der Waals surface area (Å²) in [6.07, 6.45) is 0. The van der Waals surface area contributed by atoms with Gasteiger partial charge in [-0.25, -0.2) is 9.59 Å². The molecule has 0 aliphatic carbocycles. The molecule has 0 atom stereocenters. The van der Waals surface area contributed by atoms with Gasteiger partial charge < -0.3 is 23.7 Å². The molecule has 0 heterocycles. The number of carbonyl (C=O) groups excluding carboxylic acids is 2. The standard InChI is InChI=1S/C23H20O7/c1-26-17-8-4-15(5-9-17)22(24)29-19-12-13-20(21(14-19)28-3)30-23(25)16-6-10-18(27-2)11-7-16/h4-14H,1-3H3. The highest BCUT2D eigenvalue weighted by Crippen LogP contribution is 2.32. The van der Waals surface area contributed by atoms with Crippen LogP contribution in [0.4, 0.5) is 0 Å². The molecule has 0 saturated carbocycles. The SMILES string of the molecule is COc1ccc(C(=O)Oc2ccc(OC(=O)c3ccc(OC)cc3)c(OC)c2)cc1. The zero-order chi connectivity index (χ0) is 21.5. The van der Waals surface area contributed by atoms with E-state index in [1.165, 1.54) is 25.3 Å². The molecule has 0 aliphatic rings. The molecule has 7 nitrogen and oxygen atoms in total. The number of benzene rings is 3. The van der Waals surface area contributed by atoms with Gasteiger partial charge in [-0.15, -0.1) is 0 Å². The van der Waals surface area contributed by atoms with E-state index >= 15 is 0 Å². The summed E-state index contributed by atoms with van der Waals surface area (Å²) < 4.78 is 26.2. The predicted molar refractivity (Wildman–Crippen MR) is 109 cm³/mol. The van der Waals surface area contributed by atoms with E-state index in [0.717, 1.165) is 0 Å². The Morgan fingerprint density at radius 3 is 1.47 bits per heavy atom. The largest absolute Gasteiger partial charge is 0.497 e. The highest BCUT2D eigenvalue weighted by molar-refractivity contribution is 5.92. The highest BCUT2D eigenvalue weighted by atomic mass is 16.6. The molecule has 0 aromatic heterocycles. The molecule has 0 radical (unpaired) electrons. The van der Waals surface area contributed by atoms with Crippen LogP contribution < -0.4 is 23.7 Å². The van der Waals surface area contributed by atoms with Gasteiger partial charge in [0.2, 0.25) is 0 Å². The second-order valence-electron chi connectivity index (χ2n) is 6.05. The van der Waals surface area contributed by atoms with Gasteiger partial charge in [0.1, 0.15) is 17.2 Å². The molecular formula is C23H20O7. The van der Waals surface area contributed by atoms with Gasteiger partial charge in [0, 0.05) is 6.07 Å². The minimum absolute atomic E-state index is 0.197. The van der Waals surface area contributed by atoms with Gasteiger partial charge >= 0.3 is 11.9 Å². The second kappa shape index (κ2) is 9.47. The van der Waals surface area contributed by atoms with Gasteiger partial charge in [-0.2, -0.15) is 0 Å². The van der Waals surface area contributed by atoms with Gasteiger partial charge in [0.15, 0.2) is 11.5 Å². The van der Waals surface area contributed by atoms with Crippen molar-refractivity contribution in [2.24, 2.45) is 0 Å². The minimum Gasteiger partial charge on any atom is -0.497 e. The highest BCUT2D eigenvalue weighted by Gasteiger charge is 2.15. The summed E-state index contributed by atoms with van der Waals surface area (Å²) >= 11 is 0. The Hall–Kier alpha value is -4.00.